The lowest BCUT2D eigenvalue weighted by molar-refractivity contribution is -0.120. The number of hydrogen-bond donors (Lipinski definition) is 1. The lowest BCUT2D eigenvalue weighted by Gasteiger charge is -2.41. The quantitative estimate of drug-likeness (QED) is 0.786. The number of rotatable bonds is 4. The summed E-state index contributed by atoms with van der Waals surface area (Å²) in [5, 5.41) is 0. The van der Waals surface area contributed by atoms with E-state index in [0.717, 1.165) is 47.2 Å². The number of benzene rings is 2. The van der Waals surface area contributed by atoms with E-state index in [0.29, 0.717) is 12.2 Å². The summed E-state index contributed by atoms with van der Waals surface area (Å²) in [6, 6.07) is 11.2. The van der Waals surface area contributed by atoms with Gasteiger partial charge in [-0.05, 0) is 67.6 Å². The molecule has 1 aliphatic carbocycles. The third-order valence-electron chi connectivity index (χ3n) is 5.80. The molecule has 1 aliphatic heterocycles. The zero-order valence-corrected chi connectivity index (χ0v) is 19.0. The van der Waals surface area contributed by atoms with Crippen molar-refractivity contribution in [3.05, 3.63) is 42.0 Å². The zero-order chi connectivity index (χ0) is 22.5. The standard InChI is InChI=1S/C23H27N3O4S/c1-14-11-18(7-9-20(14)24-31(4,29)30)19-8-10-21-22(12-19)25(23(28)17-5-6-17)13-15(2)26(21)16(3)27/h7-12,15,17,24H,5-6,13H2,1-4H3. The number of fused-ring (bicyclic) bond motifs is 1. The third kappa shape index (κ3) is 4.30. The van der Waals surface area contributed by atoms with Crippen molar-refractivity contribution >= 4 is 38.9 Å². The highest BCUT2D eigenvalue weighted by molar-refractivity contribution is 7.92. The summed E-state index contributed by atoms with van der Waals surface area (Å²) in [7, 11) is -3.36. The number of anilines is 3. The van der Waals surface area contributed by atoms with Crippen molar-refractivity contribution in [2.45, 2.75) is 39.7 Å². The number of hydrogen-bond acceptors (Lipinski definition) is 4. The maximum absolute atomic E-state index is 13.0. The number of carbonyl (C=O) groups is 2. The Kier molecular flexibility index (Phi) is 5.29. The second-order valence-electron chi connectivity index (χ2n) is 8.57. The van der Waals surface area contributed by atoms with Gasteiger partial charge in [-0.1, -0.05) is 12.1 Å². The number of nitrogens with zero attached hydrogens (tertiary/aromatic N) is 2. The molecular weight excluding hydrogens is 414 g/mol. The monoisotopic (exact) mass is 441 g/mol. The number of aryl methyl sites for hydroxylation is 1. The minimum absolute atomic E-state index is 0.0490. The molecule has 31 heavy (non-hydrogen) atoms. The molecule has 4 rings (SSSR count). The molecule has 1 fully saturated rings. The van der Waals surface area contributed by atoms with E-state index in [9.17, 15) is 18.0 Å². The predicted octanol–water partition coefficient (Wildman–Crippen LogP) is 3.53. The molecule has 0 bridgehead atoms. The molecule has 7 nitrogen and oxygen atoms in total. The van der Waals surface area contributed by atoms with Crippen LogP contribution in [0.3, 0.4) is 0 Å². The minimum Gasteiger partial charge on any atom is -0.308 e. The minimum atomic E-state index is -3.36. The maximum Gasteiger partial charge on any atom is 0.230 e. The van der Waals surface area contributed by atoms with E-state index in [1.165, 1.54) is 0 Å². The molecule has 8 heteroatoms. The summed E-state index contributed by atoms with van der Waals surface area (Å²) in [6.07, 6.45) is 2.96. The van der Waals surface area contributed by atoms with E-state index in [4.69, 9.17) is 0 Å². The highest BCUT2D eigenvalue weighted by Crippen LogP contribution is 2.42. The number of nitrogens with one attached hydrogen (secondary N) is 1. The predicted molar refractivity (Wildman–Crippen MR) is 123 cm³/mol. The molecule has 0 saturated heterocycles. The Bertz CT molecular complexity index is 1170. The zero-order valence-electron chi connectivity index (χ0n) is 18.2. The van der Waals surface area contributed by atoms with Crippen molar-refractivity contribution in [3.8, 4) is 11.1 Å². The van der Waals surface area contributed by atoms with Gasteiger partial charge in [0.15, 0.2) is 0 Å². The average Bonchev–Trinajstić information content (AvgIpc) is 3.52. The van der Waals surface area contributed by atoms with Gasteiger partial charge in [-0.25, -0.2) is 8.42 Å². The summed E-state index contributed by atoms with van der Waals surface area (Å²) in [4.78, 5) is 28.9. The van der Waals surface area contributed by atoms with Gasteiger partial charge in [-0.2, -0.15) is 0 Å². The first kappa shape index (κ1) is 21.4. The smallest absolute Gasteiger partial charge is 0.230 e. The summed E-state index contributed by atoms with van der Waals surface area (Å²) in [6.45, 7) is 5.82. The fraction of sp³-hybridized carbons (Fsp3) is 0.391. The van der Waals surface area contributed by atoms with Crippen LogP contribution in [0.2, 0.25) is 0 Å². The molecule has 1 heterocycles. The Morgan fingerprint density at radius 2 is 1.68 bits per heavy atom. The average molecular weight is 442 g/mol. The SMILES string of the molecule is CC(=O)N1c2ccc(-c3ccc(NS(C)(=O)=O)c(C)c3)cc2N(C(=O)C2CC2)CC1C. The van der Waals surface area contributed by atoms with E-state index >= 15 is 0 Å². The first-order valence-electron chi connectivity index (χ1n) is 10.4. The fourth-order valence-electron chi connectivity index (χ4n) is 4.20. The van der Waals surface area contributed by atoms with Crippen LogP contribution in [0.4, 0.5) is 17.1 Å². The van der Waals surface area contributed by atoms with E-state index in [2.05, 4.69) is 4.72 Å². The molecular formula is C23H27N3O4S. The van der Waals surface area contributed by atoms with Crippen LogP contribution in [0.1, 0.15) is 32.3 Å². The van der Waals surface area contributed by atoms with Crippen LogP contribution < -0.4 is 14.5 Å². The van der Waals surface area contributed by atoms with E-state index in [-0.39, 0.29) is 23.8 Å². The van der Waals surface area contributed by atoms with Crippen LogP contribution in [0.15, 0.2) is 36.4 Å². The molecule has 0 radical (unpaired) electrons. The van der Waals surface area contributed by atoms with Crippen molar-refractivity contribution in [3.63, 3.8) is 0 Å². The Morgan fingerprint density at radius 1 is 1.03 bits per heavy atom. The summed E-state index contributed by atoms with van der Waals surface area (Å²) in [5.41, 5.74) is 4.64. The van der Waals surface area contributed by atoms with Crippen molar-refractivity contribution in [1.82, 2.24) is 0 Å². The molecule has 1 saturated carbocycles. The molecule has 164 valence electrons. The Hall–Kier alpha value is -2.87. The van der Waals surface area contributed by atoms with Crippen molar-refractivity contribution in [2.75, 3.05) is 27.3 Å². The highest BCUT2D eigenvalue weighted by atomic mass is 32.2. The molecule has 2 aromatic carbocycles. The molecule has 1 atom stereocenters. The van der Waals surface area contributed by atoms with Crippen molar-refractivity contribution in [1.29, 1.82) is 0 Å². The second-order valence-corrected chi connectivity index (χ2v) is 10.3. The van der Waals surface area contributed by atoms with Gasteiger partial charge in [-0.15, -0.1) is 0 Å². The number of carbonyl (C=O) groups excluding carboxylic acids is 2. The highest BCUT2D eigenvalue weighted by Gasteiger charge is 2.39. The van der Waals surface area contributed by atoms with Crippen LogP contribution in [0, 0.1) is 12.8 Å². The topological polar surface area (TPSA) is 86.8 Å². The van der Waals surface area contributed by atoms with Gasteiger partial charge >= 0.3 is 0 Å². The van der Waals surface area contributed by atoms with E-state index < -0.39 is 10.0 Å². The molecule has 0 spiro atoms. The Labute approximate surface area is 183 Å². The van der Waals surface area contributed by atoms with Crippen LogP contribution >= 0.6 is 0 Å². The largest absolute Gasteiger partial charge is 0.308 e. The summed E-state index contributed by atoms with van der Waals surface area (Å²) < 4.78 is 25.6. The summed E-state index contributed by atoms with van der Waals surface area (Å²) >= 11 is 0. The molecule has 1 unspecified atom stereocenters. The van der Waals surface area contributed by atoms with Gasteiger partial charge in [-0.3, -0.25) is 14.3 Å². The lowest BCUT2D eigenvalue weighted by Crippen LogP contribution is -2.51. The summed E-state index contributed by atoms with van der Waals surface area (Å²) in [5.74, 6) is 0.153. The molecule has 2 amide bonds. The molecule has 2 aromatic rings. The Balaban J connectivity index is 1.76. The molecule has 1 N–H and O–H groups in total. The van der Waals surface area contributed by atoms with Crippen LogP contribution in [0.25, 0.3) is 11.1 Å². The first-order chi connectivity index (χ1) is 14.5. The lowest BCUT2D eigenvalue weighted by atomic mass is 9.98. The van der Waals surface area contributed by atoms with Gasteiger partial charge in [0.25, 0.3) is 0 Å². The van der Waals surface area contributed by atoms with Gasteiger partial charge in [0, 0.05) is 19.4 Å². The first-order valence-corrected chi connectivity index (χ1v) is 12.3. The van der Waals surface area contributed by atoms with Crippen LogP contribution in [-0.4, -0.2) is 39.1 Å². The number of amides is 2. The van der Waals surface area contributed by atoms with Crippen molar-refractivity contribution in [2.24, 2.45) is 5.92 Å². The third-order valence-corrected chi connectivity index (χ3v) is 6.39. The van der Waals surface area contributed by atoms with Crippen molar-refractivity contribution < 1.29 is 18.0 Å². The normalized spacial score (nSPS) is 18.5. The molecule has 2 aliphatic rings. The van der Waals surface area contributed by atoms with Gasteiger partial charge in [0.1, 0.15) is 0 Å². The van der Waals surface area contributed by atoms with Gasteiger partial charge in [0.2, 0.25) is 21.8 Å². The second kappa shape index (κ2) is 7.67. The van der Waals surface area contributed by atoms with E-state index in [1.807, 2.05) is 49.1 Å². The van der Waals surface area contributed by atoms with Crippen LogP contribution in [-0.2, 0) is 19.6 Å². The van der Waals surface area contributed by atoms with Gasteiger partial charge < -0.3 is 9.80 Å². The maximum atomic E-state index is 13.0. The number of sulfonamides is 1. The van der Waals surface area contributed by atoms with Crippen LogP contribution in [0.5, 0.6) is 0 Å². The van der Waals surface area contributed by atoms with E-state index in [1.54, 1.807) is 17.9 Å². The van der Waals surface area contributed by atoms with Gasteiger partial charge in [0.05, 0.1) is 29.4 Å². The fourth-order valence-corrected chi connectivity index (χ4v) is 4.83. The Morgan fingerprint density at radius 3 is 2.26 bits per heavy atom. The molecule has 0 aromatic heterocycles.